The summed E-state index contributed by atoms with van der Waals surface area (Å²) in [5.74, 6) is 0. The second-order valence-electron chi connectivity index (χ2n) is 17.9. The third-order valence-electron chi connectivity index (χ3n) is 14.0. The van der Waals surface area contributed by atoms with Crippen LogP contribution in [0.1, 0.15) is 47.2 Å². The van der Waals surface area contributed by atoms with Crippen molar-refractivity contribution < 1.29 is 0 Å². The van der Waals surface area contributed by atoms with Gasteiger partial charge in [-0.2, -0.15) is 0 Å². The van der Waals surface area contributed by atoms with Crippen molar-refractivity contribution in [1.82, 2.24) is 0 Å². The van der Waals surface area contributed by atoms with Crippen LogP contribution in [-0.2, 0) is 25.7 Å². The summed E-state index contributed by atoms with van der Waals surface area (Å²) in [5.41, 5.74) is 13.9. The molecule has 0 fully saturated rings. The molecule has 0 saturated carbocycles. The van der Waals surface area contributed by atoms with E-state index in [4.69, 9.17) is 0 Å². The lowest BCUT2D eigenvalue weighted by atomic mass is 9.89. The predicted molar refractivity (Wildman–Crippen MR) is 318 cm³/mol. The number of thiophene rings is 4. The molecule has 72 heavy (non-hydrogen) atoms. The van der Waals surface area contributed by atoms with Gasteiger partial charge in [-0.05, 0) is 132 Å². The van der Waals surface area contributed by atoms with Crippen LogP contribution in [0.2, 0.25) is 0 Å². The Hall–Kier alpha value is -7.20. The maximum Gasteiger partial charge on any atom is 0.0600 e. The summed E-state index contributed by atoms with van der Waals surface area (Å²) in [7, 11) is 0. The Balaban J connectivity index is 1.30. The molecule has 0 radical (unpaired) electrons. The predicted octanol–water partition coefficient (Wildman–Crippen LogP) is 21.0. The van der Waals surface area contributed by atoms with E-state index in [1.54, 1.807) is 0 Å². The van der Waals surface area contributed by atoms with E-state index < -0.39 is 0 Å². The van der Waals surface area contributed by atoms with Gasteiger partial charge in [-0.3, -0.25) is 0 Å². The zero-order chi connectivity index (χ0) is 48.7. The van der Waals surface area contributed by atoms with E-state index in [-0.39, 0.29) is 0 Å². The molecule has 12 aromatic rings. The summed E-state index contributed by atoms with van der Waals surface area (Å²) < 4.78 is 0. The second kappa shape index (κ2) is 19.8. The molecule has 12 rings (SSSR count). The number of rotatable bonds is 16. The fourth-order valence-electron chi connectivity index (χ4n) is 10.8. The van der Waals surface area contributed by atoms with Crippen LogP contribution in [0.25, 0.3) is 32.3 Å². The first-order chi connectivity index (χ1) is 35.6. The van der Waals surface area contributed by atoms with Crippen molar-refractivity contribution in [3.05, 3.63) is 223 Å². The number of aryl methyl sites for hydroxylation is 4. The molecule has 0 unspecified atom stereocenters. The van der Waals surface area contributed by atoms with Gasteiger partial charge in [0.1, 0.15) is 0 Å². The molecule has 0 aliphatic rings. The smallest absolute Gasteiger partial charge is 0.0600 e. The van der Waals surface area contributed by atoms with Crippen LogP contribution in [0.5, 0.6) is 0 Å². The standard InChI is InChI=1S/C64H54N4S4/c1-5-59-51(33-37-69-59)65(43-21-13-9-14-22-43)55-41-56(66(44-23-15-10-16-24-44)52-34-38-70-60(52)6-2)48-31-32-50-58(68(46-27-19-12-20-28-46)54-36-40-72-62(54)8-4)42-57(49-30-29-47(55)63(48)64(49)50)67(45-25-17-11-18-26-45)53-35-39-71-61(53)7-3/h9-42H,5-8H2,1-4H3. The second-order valence-corrected chi connectivity index (χ2v) is 21.9. The zero-order valence-corrected chi connectivity index (χ0v) is 44.1. The van der Waals surface area contributed by atoms with E-state index in [2.05, 4.69) is 251 Å². The van der Waals surface area contributed by atoms with Gasteiger partial charge in [0.15, 0.2) is 0 Å². The van der Waals surface area contributed by atoms with E-state index in [1.165, 1.54) is 74.6 Å². The molecule has 4 nitrogen and oxygen atoms in total. The van der Waals surface area contributed by atoms with Gasteiger partial charge in [0.05, 0.1) is 45.5 Å². The molecule has 0 amide bonds. The van der Waals surface area contributed by atoms with Gasteiger partial charge >= 0.3 is 0 Å². The Kier molecular flexibility index (Phi) is 12.6. The lowest BCUT2D eigenvalue weighted by Gasteiger charge is -2.34. The molecule has 0 spiro atoms. The molecule has 0 atom stereocenters. The van der Waals surface area contributed by atoms with E-state index >= 15 is 0 Å². The molecule has 0 saturated heterocycles. The zero-order valence-electron chi connectivity index (χ0n) is 40.9. The van der Waals surface area contributed by atoms with Gasteiger partial charge < -0.3 is 19.6 Å². The highest BCUT2D eigenvalue weighted by Crippen LogP contribution is 2.56. The summed E-state index contributed by atoms with van der Waals surface area (Å²) in [5, 5.41) is 16.3. The molecule has 8 aromatic carbocycles. The average molecular weight is 1010 g/mol. The van der Waals surface area contributed by atoms with Crippen molar-refractivity contribution in [2.45, 2.75) is 53.4 Å². The van der Waals surface area contributed by atoms with Gasteiger partial charge in [0.2, 0.25) is 0 Å². The van der Waals surface area contributed by atoms with Gasteiger partial charge in [-0.15, -0.1) is 45.3 Å². The number of para-hydroxylation sites is 4. The van der Waals surface area contributed by atoms with Crippen molar-refractivity contribution in [3.8, 4) is 0 Å². The quantitative estimate of drug-likeness (QED) is 0.0894. The summed E-state index contributed by atoms with van der Waals surface area (Å²) in [6, 6.07) is 68.0. The largest absolute Gasteiger partial charge is 0.309 e. The first-order valence-electron chi connectivity index (χ1n) is 25.0. The van der Waals surface area contributed by atoms with Crippen LogP contribution in [0.3, 0.4) is 0 Å². The van der Waals surface area contributed by atoms with Crippen molar-refractivity contribution >= 4 is 146 Å². The number of anilines is 12. The molecule has 0 N–H and O–H groups in total. The molecule has 8 heteroatoms. The van der Waals surface area contributed by atoms with Crippen LogP contribution >= 0.6 is 45.3 Å². The van der Waals surface area contributed by atoms with Gasteiger partial charge in [0, 0.05) is 74.6 Å². The number of hydrogen-bond acceptors (Lipinski definition) is 8. The minimum atomic E-state index is 0.932. The molecule has 4 heterocycles. The Labute approximate surface area is 438 Å². The molecule has 354 valence electrons. The van der Waals surface area contributed by atoms with Crippen LogP contribution in [0.4, 0.5) is 68.2 Å². The van der Waals surface area contributed by atoms with E-state index in [0.29, 0.717) is 0 Å². The minimum Gasteiger partial charge on any atom is -0.309 e. The summed E-state index contributed by atoms with van der Waals surface area (Å²) >= 11 is 7.36. The maximum absolute atomic E-state index is 2.54. The molecule has 0 aliphatic carbocycles. The lowest BCUT2D eigenvalue weighted by molar-refractivity contribution is 1.15. The summed E-state index contributed by atoms with van der Waals surface area (Å²) in [4.78, 5) is 15.5. The van der Waals surface area contributed by atoms with Gasteiger partial charge in [-0.25, -0.2) is 0 Å². The monoisotopic (exact) mass is 1010 g/mol. The Morgan fingerprint density at radius 3 is 0.694 bits per heavy atom. The van der Waals surface area contributed by atoms with E-state index in [0.717, 1.165) is 71.2 Å². The van der Waals surface area contributed by atoms with Crippen LogP contribution in [-0.4, -0.2) is 0 Å². The minimum absolute atomic E-state index is 0.932. The highest BCUT2D eigenvalue weighted by molar-refractivity contribution is 7.11. The third-order valence-corrected chi connectivity index (χ3v) is 18.2. The van der Waals surface area contributed by atoms with E-state index in [1.807, 2.05) is 45.3 Å². The third kappa shape index (κ3) is 7.85. The topological polar surface area (TPSA) is 13.0 Å². The fraction of sp³-hybridized carbons (Fsp3) is 0.125. The number of benzene rings is 8. The maximum atomic E-state index is 2.54. The number of hydrogen-bond donors (Lipinski definition) is 0. The molecular weight excluding hydrogens is 953 g/mol. The first-order valence-corrected chi connectivity index (χ1v) is 28.6. The normalized spacial score (nSPS) is 11.6. The average Bonchev–Trinajstić information content (AvgIpc) is 4.30. The molecular formula is C64H54N4S4. The first kappa shape index (κ1) is 45.9. The Morgan fingerprint density at radius 1 is 0.264 bits per heavy atom. The fourth-order valence-corrected chi connectivity index (χ4v) is 14.0. The highest BCUT2D eigenvalue weighted by atomic mass is 32.1. The van der Waals surface area contributed by atoms with Crippen LogP contribution in [0, 0.1) is 0 Å². The molecule has 0 aliphatic heterocycles. The molecule has 4 aromatic heterocycles. The van der Waals surface area contributed by atoms with Crippen LogP contribution < -0.4 is 19.6 Å². The highest BCUT2D eigenvalue weighted by Gasteiger charge is 2.31. The van der Waals surface area contributed by atoms with E-state index in [9.17, 15) is 0 Å². The Morgan fingerprint density at radius 2 is 0.486 bits per heavy atom. The lowest BCUT2D eigenvalue weighted by Crippen LogP contribution is -2.16. The van der Waals surface area contributed by atoms with Gasteiger partial charge in [-0.1, -0.05) is 125 Å². The number of nitrogens with zero attached hydrogens (tertiary/aromatic N) is 4. The molecule has 0 bridgehead atoms. The Bertz CT molecular complexity index is 3290. The summed E-state index contributed by atoms with van der Waals surface area (Å²) in [6.45, 7) is 9.12. The van der Waals surface area contributed by atoms with Crippen LogP contribution in [0.15, 0.2) is 204 Å². The van der Waals surface area contributed by atoms with Gasteiger partial charge in [0.25, 0.3) is 0 Å². The summed E-state index contributed by atoms with van der Waals surface area (Å²) in [6.07, 6.45) is 3.73. The van der Waals surface area contributed by atoms with Crippen molar-refractivity contribution in [2.75, 3.05) is 19.6 Å². The van der Waals surface area contributed by atoms with Crippen molar-refractivity contribution in [1.29, 1.82) is 0 Å². The SMILES string of the molecule is CCc1sccc1N(c1ccccc1)c1cc(N(c2ccccc2)c2ccsc2CC)c2ccc3c(N(c4ccccc4)c4ccsc4CC)cc(N(c4ccccc4)c4ccsc4CC)c4ccc1c2c43. The van der Waals surface area contributed by atoms with Crippen molar-refractivity contribution in [2.24, 2.45) is 0 Å². The van der Waals surface area contributed by atoms with Crippen molar-refractivity contribution in [3.63, 3.8) is 0 Å².